The van der Waals surface area contributed by atoms with Crippen molar-refractivity contribution in [1.29, 1.82) is 0 Å². The lowest BCUT2D eigenvalue weighted by Gasteiger charge is -2.24. The number of aromatic nitrogens is 2. The number of aliphatic hydroxyl groups excluding tert-OH is 1. The molecule has 0 spiro atoms. The van der Waals surface area contributed by atoms with Crippen molar-refractivity contribution in [1.82, 2.24) is 9.97 Å². The normalized spacial score (nSPS) is 17.0. The minimum atomic E-state index is 0.0566. The van der Waals surface area contributed by atoms with Gasteiger partial charge in [0.1, 0.15) is 17.9 Å². The molecular formula is C18H23N3O3. The van der Waals surface area contributed by atoms with E-state index in [1.807, 2.05) is 35.2 Å². The van der Waals surface area contributed by atoms with Gasteiger partial charge in [-0.15, -0.1) is 0 Å². The molecule has 1 aliphatic heterocycles. The summed E-state index contributed by atoms with van der Waals surface area (Å²) in [6, 6.07) is 9.89. The zero-order valence-corrected chi connectivity index (χ0v) is 13.9. The molecule has 2 aromatic rings. The fourth-order valence-corrected chi connectivity index (χ4v) is 2.96. The Morgan fingerprint density at radius 1 is 1.33 bits per heavy atom. The summed E-state index contributed by atoms with van der Waals surface area (Å²) in [5.74, 6) is 1.97. The van der Waals surface area contributed by atoms with Crippen LogP contribution in [0.5, 0.6) is 5.75 Å². The lowest BCUT2D eigenvalue weighted by atomic mass is 10.0. The van der Waals surface area contributed by atoms with Gasteiger partial charge < -0.3 is 19.5 Å². The van der Waals surface area contributed by atoms with E-state index in [2.05, 4.69) is 9.97 Å². The maximum atomic E-state index is 9.45. The number of hydrogen-bond donors (Lipinski definition) is 1. The van der Waals surface area contributed by atoms with Crippen LogP contribution in [0, 0.1) is 0 Å². The van der Waals surface area contributed by atoms with Crippen LogP contribution >= 0.6 is 0 Å². The van der Waals surface area contributed by atoms with Crippen molar-refractivity contribution in [2.45, 2.75) is 18.9 Å². The molecule has 0 bridgehead atoms. The number of anilines is 1. The molecule has 1 saturated heterocycles. The molecule has 0 amide bonds. The highest BCUT2D eigenvalue weighted by atomic mass is 16.5. The van der Waals surface area contributed by atoms with Gasteiger partial charge >= 0.3 is 0 Å². The summed E-state index contributed by atoms with van der Waals surface area (Å²) < 4.78 is 10.9. The fraction of sp³-hybridized carbons (Fsp3) is 0.444. The van der Waals surface area contributed by atoms with E-state index in [-0.39, 0.29) is 6.61 Å². The van der Waals surface area contributed by atoms with Crippen LogP contribution in [-0.4, -0.2) is 48.5 Å². The highest BCUT2D eigenvalue weighted by molar-refractivity contribution is 5.43. The van der Waals surface area contributed by atoms with Crippen LogP contribution in [-0.2, 0) is 11.3 Å². The number of rotatable bonds is 7. The molecule has 1 aromatic heterocycles. The van der Waals surface area contributed by atoms with Gasteiger partial charge in [0.05, 0.1) is 26.0 Å². The quantitative estimate of drug-likeness (QED) is 0.838. The van der Waals surface area contributed by atoms with E-state index in [9.17, 15) is 5.11 Å². The third kappa shape index (κ3) is 3.83. The second kappa shape index (κ2) is 8.08. The average molecular weight is 329 g/mol. The average Bonchev–Trinajstić information content (AvgIpc) is 3.17. The van der Waals surface area contributed by atoms with Crippen molar-refractivity contribution < 1.29 is 14.6 Å². The standard InChI is InChI=1S/C18H23N3O3/c1-23-17-5-3-2-4-14(17)11-21(7-8-22)18-10-16(19-13-20-18)15-6-9-24-12-15/h2-5,10,13,15,22H,6-9,11-12H2,1H3/t15-/m0/s1. The van der Waals surface area contributed by atoms with Crippen LogP contribution in [0.2, 0.25) is 0 Å². The van der Waals surface area contributed by atoms with E-state index in [1.54, 1.807) is 13.4 Å². The Kier molecular flexibility index (Phi) is 5.61. The number of benzene rings is 1. The molecule has 3 rings (SSSR count). The van der Waals surface area contributed by atoms with Crippen molar-refractivity contribution in [2.75, 3.05) is 38.4 Å². The smallest absolute Gasteiger partial charge is 0.132 e. The first-order valence-electron chi connectivity index (χ1n) is 8.19. The summed E-state index contributed by atoms with van der Waals surface area (Å²) in [7, 11) is 1.66. The van der Waals surface area contributed by atoms with Crippen LogP contribution < -0.4 is 9.64 Å². The first-order valence-corrected chi connectivity index (χ1v) is 8.19. The summed E-state index contributed by atoms with van der Waals surface area (Å²) in [6.07, 6.45) is 2.58. The summed E-state index contributed by atoms with van der Waals surface area (Å²) in [5.41, 5.74) is 2.05. The summed E-state index contributed by atoms with van der Waals surface area (Å²) >= 11 is 0. The van der Waals surface area contributed by atoms with Crippen LogP contribution in [0.3, 0.4) is 0 Å². The van der Waals surface area contributed by atoms with Gasteiger partial charge in [-0.05, 0) is 12.5 Å². The molecule has 1 fully saturated rings. The molecule has 128 valence electrons. The van der Waals surface area contributed by atoms with E-state index in [0.29, 0.717) is 25.6 Å². The fourth-order valence-electron chi connectivity index (χ4n) is 2.96. The lowest BCUT2D eigenvalue weighted by molar-refractivity contribution is 0.193. The van der Waals surface area contributed by atoms with E-state index in [1.165, 1.54) is 0 Å². The third-order valence-corrected chi connectivity index (χ3v) is 4.27. The summed E-state index contributed by atoms with van der Waals surface area (Å²) in [6.45, 7) is 2.66. The van der Waals surface area contributed by atoms with Crippen LogP contribution in [0.4, 0.5) is 5.82 Å². The van der Waals surface area contributed by atoms with E-state index >= 15 is 0 Å². The molecule has 0 aliphatic carbocycles. The Balaban J connectivity index is 1.83. The van der Waals surface area contributed by atoms with Crippen molar-refractivity contribution in [2.24, 2.45) is 0 Å². The maximum absolute atomic E-state index is 9.45. The van der Waals surface area contributed by atoms with Gasteiger partial charge in [-0.25, -0.2) is 9.97 Å². The summed E-state index contributed by atoms with van der Waals surface area (Å²) in [5, 5.41) is 9.45. The third-order valence-electron chi connectivity index (χ3n) is 4.27. The first kappa shape index (κ1) is 16.7. The predicted octanol–water partition coefficient (Wildman–Crippen LogP) is 1.99. The molecule has 2 heterocycles. The molecule has 1 aliphatic rings. The highest BCUT2D eigenvalue weighted by Crippen LogP contribution is 2.27. The molecule has 1 aromatic carbocycles. The van der Waals surface area contributed by atoms with Crippen LogP contribution in [0.25, 0.3) is 0 Å². The maximum Gasteiger partial charge on any atom is 0.132 e. The molecule has 1 atom stereocenters. The first-order chi connectivity index (χ1) is 11.8. The Hall–Kier alpha value is -2.18. The number of methoxy groups -OCH3 is 1. The van der Waals surface area contributed by atoms with Gasteiger partial charge in [0, 0.05) is 37.2 Å². The molecular weight excluding hydrogens is 306 g/mol. The Bertz CT molecular complexity index is 659. The zero-order valence-electron chi connectivity index (χ0n) is 13.9. The molecule has 1 N–H and O–H groups in total. The Morgan fingerprint density at radius 3 is 2.96 bits per heavy atom. The van der Waals surface area contributed by atoms with Crippen molar-refractivity contribution in [3.63, 3.8) is 0 Å². The van der Waals surface area contributed by atoms with Gasteiger partial charge in [0.2, 0.25) is 0 Å². The number of hydrogen-bond acceptors (Lipinski definition) is 6. The molecule has 6 heteroatoms. The van der Waals surface area contributed by atoms with Gasteiger partial charge in [0.25, 0.3) is 0 Å². The van der Waals surface area contributed by atoms with E-state index in [4.69, 9.17) is 9.47 Å². The number of nitrogens with zero attached hydrogens (tertiary/aromatic N) is 3. The predicted molar refractivity (Wildman–Crippen MR) is 91.3 cm³/mol. The molecule has 24 heavy (non-hydrogen) atoms. The molecule has 0 radical (unpaired) electrons. The van der Waals surface area contributed by atoms with Gasteiger partial charge in [-0.3, -0.25) is 0 Å². The second-order valence-corrected chi connectivity index (χ2v) is 5.82. The van der Waals surface area contributed by atoms with Crippen LogP contribution in [0.15, 0.2) is 36.7 Å². The minimum absolute atomic E-state index is 0.0566. The van der Waals surface area contributed by atoms with Gasteiger partial charge in [0.15, 0.2) is 0 Å². The molecule has 0 unspecified atom stereocenters. The van der Waals surface area contributed by atoms with Crippen LogP contribution in [0.1, 0.15) is 23.6 Å². The zero-order chi connectivity index (χ0) is 16.8. The van der Waals surface area contributed by atoms with Crippen molar-refractivity contribution in [3.05, 3.63) is 47.9 Å². The van der Waals surface area contributed by atoms with Crippen molar-refractivity contribution >= 4 is 5.82 Å². The second-order valence-electron chi connectivity index (χ2n) is 5.82. The number of aliphatic hydroxyl groups is 1. The van der Waals surface area contributed by atoms with Gasteiger partial charge in [-0.1, -0.05) is 18.2 Å². The highest BCUT2D eigenvalue weighted by Gasteiger charge is 2.21. The largest absolute Gasteiger partial charge is 0.496 e. The van der Waals surface area contributed by atoms with Gasteiger partial charge in [-0.2, -0.15) is 0 Å². The minimum Gasteiger partial charge on any atom is -0.496 e. The number of para-hydroxylation sites is 1. The monoisotopic (exact) mass is 329 g/mol. The Labute approximate surface area is 142 Å². The molecule has 6 nitrogen and oxygen atoms in total. The van der Waals surface area contributed by atoms with Crippen molar-refractivity contribution in [3.8, 4) is 5.75 Å². The van der Waals surface area contributed by atoms with E-state index in [0.717, 1.165) is 35.9 Å². The summed E-state index contributed by atoms with van der Waals surface area (Å²) in [4.78, 5) is 10.8. The topological polar surface area (TPSA) is 67.7 Å². The Morgan fingerprint density at radius 2 is 2.21 bits per heavy atom. The lowest BCUT2D eigenvalue weighted by Crippen LogP contribution is -2.27. The molecule has 0 saturated carbocycles. The SMILES string of the molecule is COc1ccccc1CN(CCO)c1cc([C@H]2CCOC2)ncn1. The van der Waals surface area contributed by atoms with E-state index < -0.39 is 0 Å². The number of ether oxygens (including phenoxy) is 2.